The number of aliphatic hydroxyl groups is 1. The highest BCUT2D eigenvalue weighted by Gasteiger charge is 2.26. The lowest BCUT2D eigenvalue weighted by Crippen LogP contribution is -2.47. The zero-order valence-corrected chi connectivity index (χ0v) is 16.0. The minimum Gasteiger partial charge on any atom is -0.444 e. The van der Waals surface area contributed by atoms with E-state index in [0.717, 1.165) is 4.57 Å². The number of hydrogen-bond acceptors (Lipinski definition) is 7. The van der Waals surface area contributed by atoms with Crippen LogP contribution in [0, 0.1) is 0 Å². The Balaban J connectivity index is 2.82. The van der Waals surface area contributed by atoms with E-state index in [0.29, 0.717) is 12.0 Å². The lowest BCUT2D eigenvalue weighted by atomic mass is 10.1. The lowest BCUT2D eigenvalue weighted by molar-refractivity contribution is -0.116. The maximum absolute atomic E-state index is 12.0. The van der Waals surface area contributed by atoms with Crippen molar-refractivity contribution >= 4 is 18.5 Å². The Morgan fingerprint density at radius 1 is 1.23 bits per heavy atom. The molecule has 1 amide bonds. The summed E-state index contributed by atoms with van der Waals surface area (Å²) in [4.78, 5) is 38.9. The zero-order chi connectivity index (χ0) is 20.1. The van der Waals surface area contributed by atoms with Crippen LogP contribution in [-0.2, 0) is 20.7 Å². The Bertz CT molecular complexity index is 642. The van der Waals surface area contributed by atoms with Crippen LogP contribution in [0.2, 0.25) is 0 Å². The smallest absolute Gasteiger partial charge is 0.419 e. The van der Waals surface area contributed by atoms with E-state index in [1.54, 1.807) is 41.5 Å². The van der Waals surface area contributed by atoms with Crippen LogP contribution in [0.15, 0.2) is 12.5 Å². The van der Waals surface area contributed by atoms with Gasteiger partial charge in [0, 0.05) is 12.6 Å². The van der Waals surface area contributed by atoms with Crippen molar-refractivity contribution in [2.75, 3.05) is 0 Å². The van der Waals surface area contributed by atoms with Crippen molar-refractivity contribution in [1.29, 1.82) is 0 Å². The van der Waals surface area contributed by atoms with Gasteiger partial charge in [0.15, 0.2) is 6.29 Å². The lowest BCUT2D eigenvalue weighted by Gasteiger charge is -2.24. The second kappa shape index (κ2) is 8.31. The van der Waals surface area contributed by atoms with Crippen molar-refractivity contribution in [1.82, 2.24) is 14.9 Å². The second-order valence-electron chi connectivity index (χ2n) is 7.84. The van der Waals surface area contributed by atoms with Crippen LogP contribution in [0.1, 0.15) is 47.2 Å². The number of carbonyl (C=O) groups excluding carboxylic acids is 3. The summed E-state index contributed by atoms with van der Waals surface area (Å²) in [6, 6.07) is -0.954. The Labute approximate surface area is 152 Å². The summed E-state index contributed by atoms with van der Waals surface area (Å²) >= 11 is 0. The van der Waals surface area contributed by atoms with E-state index in [9.17, 15) is 19.5 Å². The third-order valence-corrected chi connectivity index (χ3v) is 2.92. The molecule has 0 spiro atoms. The van der Waals surface area contributed by atoms with Crippen LogP contribution in [0.3, 0.4) is 0 Å². The van der Waals surface area contributed by atoms with Gasteiger partial charge in [0.1, 0.15) is 23.6 Å². The molecule has 1 rings (SSSR count). The molecule has 2 atom stereocenters. The van der Waals surface area contributed by atoms with Crippen molar-refractivity contribution in [2.45, 2.75) is 71.3 Å². The second-order valence-corrected chi connectivity index (χ2v) is 7.84. The standard InChI is InChI=1S/C17H27N3O6/c1-16(2,3)25-14(23)19-12(13(22)9-21)7-11-8-20(10-18-11)15(24)26-17(4,5)6/h8-10,12-13,22H,7H2,1-6H3,(H,19,23). The zero-order valence-electron chi connectivity index (χ0n) is 16.0. The number of carbonyl (C=O) groups is 3. The molecule has 9 nitrogen and oxygen atoms in total. The van der Waals surface area contributed by atoms with Gasteiger partial charge in [0.05, 0.1) is 11.7 Å². The van der Waals surface area contributed by atoms with Crippen molar-refractivity contribution < 1.29 is 29.0 Å². The van der Waals surface area contributed by atoms with Gasteiger partial charge >= 0.3 is 12.2 Å². The number of nitrogens with zero attached hydrogens (tertiary/aromatic N) is 2. The van der Waals surface area contributed by atoms with Crippen molar-refractivity contribution in [3.8, 4) is 0 Å². The number of amides is 1. The molecule has 0 saturated carbocycles. The van der Waals surface area contributed by atoms with Gasteiger partial charge in [-0.05, 0) is 41.5 Å². The fourth-order valence-corrected chi connectivity index (χ4v) is 1.92. The average molecular weight is 369 g/mol. The molecular weight excluding hydrogens is 342 g/mol. The van der Waals surface area contributed by atoms with Gasteiger partial charge in [0.2, 0.25) is 0 Å². The van der Waals surface area contributed by atoms with Crippen LogP contribution >= 0.6 is 0 Å². The van der Waals surface area contributed by atoms with E-state index in [1.165, 1.54) is 12.5 Å². The molecule has 0 bridgehead atoms. The predicted molar refractivity (Wildman–Crippen MR) is 92.8 cm³/mol. The number of ether oxygens (including phenoxy) is 2. The Hall–Kier alpha value is -2.42. The van der Waals surface area contributed by atoms with Gasteiger partial charge < -0.3 is 24.7 Å². The van der Waals surface area contributed by atoms with Gasteiger partial charge in [-0.15, -0.1) is 0 Å². The van der Waals surface area contributed by atoms with E-state index < -0.39 is 35.5 Å². The molecule has 2 unspecified atom stereocenters. The van der Waals surface area contributed by atoms with E-state index >= 15 is 0 Å². The summed E-state index contributed by atoms with van der Waals surface area (Å²) < 4.78 is 11.5. The maximum atomic E-state index is 12.0. The molecule has 0 aliphatic heterocycles. The van der Waals surface area contributed by atoms with Crippen LogP contribution in [0.4, 0.5) is 9.59 Å². The van der Waals surface area contributed by atoms with E-state index in [4.69, 9.17) is 9.47 Å². The molecule has 1 aromatic heterocycles. The number of aliphatic hydroxyl groups excluding tert-OH is 1. The van der Waals surface area contributed by atoms with Crippen molar-refractivity contribution in [2.24, 2.45) is 0 Å². The van der Waals surface area contributed by atoms with E-state index in [1.807, 2.05) is 0 Å². The molecule has 2 N–H and O–H groups in total. The largest absolute Gasteiger partial charge is 0.444 e. The fraction of sp³-hybridized carbons (Fsp3) is 0.647. The molecule has 0 radical (unpaired) electrons. The normalized spacial score (nSPS) is 14.3. The summed E-state index contributed by atoms with van der Waals surface area (Å²) in [6.07, 6.45) is 0.186. The Kier molecular flexibility index (Phi) is 6.91. The first-order chi connectivity index (χ1) is 11.8. The highest BCUT2D eigenvalue weighted by Crippen LogP contribution is 2.11. The molecule has 1 aromatic rings. The number of nitrogens with one attached hydrogen (secondary N) is 1. The van der Waals surface area contributed by atoms with Gasteiger partial charge in [-0.25, -0.2) is 19.1 Å². The molecule has 0 saturated heterocycles. The Morgan fingerprint density at radius 2 is 1.81 bits per heavy atom. The highest BCUT2D eigenvalue weighted by molar-refractivity contribution is 5.71. The molecule has 1 heterocycles. The minimum absolute atomic E-state index is 0.0228. The van der Waals surface area contributed by atoms with Crippen molar-refractivity contribution in [3.05, 3.63) is 18.2 Å². The van der Waals surface area contributed by atoms with Crippen LogP contribution in [0.25, 0.3) is 0 Å². The third-order valence-electron chi connectivity index (χ3n) is 2.92. The van der Waals surface area contributed by atoms with Gasteiger partial charge in [0.25, 0.3) is 0 Å². The first kappa shape index (κ1) is 21.6. The SMILES string of the molecule is CC(C)(C)OC(=O)NC(Cc1cn(C(=O)OC(C)(C)C)cn1)C(O)C=O. The van der Waals surface area contributed by atoms with Gasteiger partial charge in [-0.1, -0.05) is 0 Å². The number of hydrogen-bond donors (Lipinski definition) is 2. The summed E-state index contributed by atoms with van der Waals surface area (Å²) in [7, 11) is 0. The monoisotopic (exact) mass is 369 g/mol. The molecular formula is C17H27N3O6. The first-order valence-corrected chi connectivity index (χ1v) is 8.20. The number of alkyl carbamates (subject to hydrolysis) is 1. The third kappa shape index (κ3) is 7.64. The van der Waals surface area contributed by atoms with Gasteiger partial charge in [-0.2, -0.15) is 0 Å². The predicted octanol–water partition coefficient (Wildman–Crippen LogP) is 1.66. The molecule has 9 heteroatoms. The molecule has 0 aromatic carbocycles. The quantitative estimate of drug-likeness (QED) is 0.757. The molecule has 0 aliphatic rings. The molecule has 0 fully saturated rings. The Morgan fingerprint density at radius 3 is 2.31 bits per heavy atom. The summed E-state index contributed by atoms with van der Waals surface area (Å²) in [5, 5.41) is 12.3. The maximum Gasteiger partial charge on any atom is 0.419 e. The van der Waals surface area contributed by atoms with Crippen molar-refractivity contribution in [3.63, 3.8) is 0 Å². The van der Waals surface area contributed by atoms with Crippen LogP contribution in [-0.4, -0.2) is 56.5 Å². The topological polar surface area (TPSA) is 120 Å². The van der Waals surface area contributed by atoms with Crippen LogP contribution < -0.4 is 5.32 Å². The number of imidazole rings is 1. The number of aromatic nitrogens is 2. The fourth-order valence-electron chi connectivity index (χ4n) is 1.92. The molecule has 26 heavy (non-hydrogen) atoms. The highest BCUT2D eigenvalue weighted by atomic mass is 16.6. The van der Waals surface area contributed by atoms with E-state index in [-0.39, 0.29) is 6.42 Å². The average Bonchev–Trinajstić information content (AvgIpc) is 2.90. The number of rotatable bonds is 5. The number of aldehydes is 1. The summed E-state index contributed by atoms with van der Waals surface area (Å²) in [6.45, 7) is 10.3. The molecule has 0 aliphatic carbocycles. The first-order valence-electron chi connectivity index (χ1n) is 8.20. The summed E-state index contributed by atoms with van der Waals surface area (Å²) in [5.74, 6) is 0. The minimum atomic E-state index is -1.45. The van der Waals surface area contributed by atoms with E-state index in [2.05, 4.69) is 10.3 Å². The summed E-state index contributed by atoms with van der Waals surface area (Å²) in [5.41, 5.74) is -0.993. The molecule has 146 valence electrons. The van der Waals surface area contributed by atoms with Crippen LogP contribution in [0.5, 0.6) is 0 Å². The van der Waals surface area contributed by atoms with Gasteiger partial charge in [-0.3, -0.25) is 0 Å².